The van der Waals surface area contributed by atoms with Crippen molar-refractivity contribution >= 4 is 22.5 Å². The van der Waals surface area contributed by atoms with Crippen LogP contribution in [-0.4, -0.2) is 17.5 Å². The minimum atomic E-state index is -0.286. The summed E-state index contributed by atoms with van der Waals surface area (Å²) in [5.74, 6) is 0.346. The fraction of sp³-hybridized carbons (Fsp3) is 0.200. The van der Waals surface area contributed by atoms with E-state index in [2.05, 4.69) is 10.3 Å². The normalized spacial score (nSPS) is 10.7. The Morgan fingerprint density at radius 1 is 1.12 bits per heavy atom. The number of carbonyl (C=O) groups is 1. The maximum atomic E-state index is 13.2. The van der Waals surface area contributed by atoms with Crippen LogP contribution in [0.15, 0.2) is 48.5 Å². The Kier molecular flexibility index (Phi) is 4.93. The molecule has 25 heavy (non-hydrogen) atoms. The number of pyridine rings is 1. The molecule has 0 atom stereocenters. The number of ether oxygens (including phenoxy) is 1. The molecule has 3 rings (SSSR count). The van der Waals surface area contributed by atoms with Crippen LogP contribution in [0.1, 0.15) is 20.3 Å². The zero-order chi connectivity index (χ0) is 17.8. The van der Waals surface area contributed by atoms with E-state index in [1.165, 1.54) is 12.1 Å². The van der Waals surface area contributed by atoms with Crippen LogP contribution < -0.4 is 10.1 Å². The van der Waals surface area contributed by atoms with Gasteiger partial charge in [-0.1, -0.05) is 6.92 Å². The molecule has 5 heteroatoms. The van der Waals surface area contributed by atoms with Crippen LogP contribution in [0.3, 0.4) is 0 Å². The van der Waals surface area contributed by atoms with Crippen LogP contribution >= 0.6 is 0 Å². The van der Waals surface area contributed by atoms with Gasteiger partial charge >= 0.3 is 0 Å². The number of amides is 1. The number of hydrogen-bond donors (Lipinski definition) is 1. The lowest BCUT2D eigenvalue weighted by Crippen LogP contribution is -2.09. The van der Waals surface area contributed by atoms with E-state index in [0.29, 0.717) is 30.2 Å². The zero-order valence-electron chi connectivity index (χ0n) is 14.2. The van der Waals surface area contributed by atoms with Crippen LogP contribution in [0.25, 0.3) is 22.2 Å². The van der Waals surface area contributed by atoms with E-state index in [4.69, 9.17) is 4.74 Å². The summed E-state index contributed by atoms with van der Waals surface area (Å²) < 4.78 is 18.9. The highest BCUT2D eigenvalue weighted by atomic mass is 19.1. The number of anilines is 1. The molecule has 0 aliphatic carbocycles. The zero-order valence-corrected chi connectivity index (χ0v) is 14.2. The first-order valence-electron chi connectivity index (χ1n) is 8.24. The Labute approximate surface area is 145 Å². The molecule has 0 saturated carbocycles. The van der Waals surface area contributed by atoms with Crippen LogP contribution in [-0.2, 0) is 4.79 Å². The summed E-state index contributed by atoms with van der Waals surface area (Å²) in [4.78, 5) is 16.2. The molecule has 2 aromatic carbocycles. The molecule has 4 nitrogen and oxygen atoms in total. The molecule has 0 fully saturated rings. The topological polar surface area (TPSA) is 51.2 Å². The van der Waals surface area contributed by atoms with Gasteiger partial charge in [-0.05, 0) is 49.4 Å². The molecule has 0 saturated heterocycles. The Bertz CT molecular complexity index is 907. The predicted octanol–water partition coefficient (Wildman–Crippen LogP) is 4.79. The van der Waals surface area contributed by atoms with Crippen molar-refractivity contribution in [2.45, 2.75) is 20.3 Å². The average molecular weight is 338 g/mol. The maximum absolute atomic E-state index is 13.2. The van der Waals surface area contributed by atoms with Crippen molar-refractivity contribution in [1.82, 2.24) is 4.98 Å². The standard InChI is InChI=1S/C20H19FN2O2/c1-3-20(24)22-15-9-10-17-16(11-15)19(25-4-2)12-18(23-17)13-5-7-14(21)8-6-13/h5-12H,3-4H2,1-2H3,(H,22,24). The molecular weight excluding hydrogens is 319 g/mol. The van der Waals surface area contributed by atoms with Gasteiger partial charge in [0.2, 0.25) is 5.91 Å². The molecule has 0 aliphatic rings. The van der Waals surface area contributed by atoms with Crippen molar-refractivity contribution in [3.05, 3.63) is 54.3 Å². The van der Waals surface area contributed by atoms with Crippen molar-refractivity contribution in [2.24, 2.45) is 0 Å². The van der Waals surface area contributed by atoms with Crippen LogP contribution in [0, 0.1) is 5.82 Å². The van der Waals surface area contributed by atoms with Crippen LogP contribution in [0.2, 0.25) is 0 Å². The molecule has 0 bridgehead atoms. The molecule has 1 N–H and O–H groups in total. The monoisotopic (exact) mass is 338 g/mol. The molecule has 1 amide bonds. The summed E-state index contributed by atoms with van der Waals surface area (Å²) in [7, 11) is 0. The van der Waals surface area contributed by atoms with Crippen LogP contribution in [0.4, 0.5) is 10.1 Å². The smallest absolute Gasteiger partial charge is 0.224 e. The summed E-state index contributed by atoms with van der Waals surface area (Å²) in [6, 6.07) is 13.5. The third-order valence-electron chi connectivity index (χ3n) is 3.82. The number of benzene rings is 2. The Morgan fingerprint density at radius 3 is 2.56 bits per heavy atom. The van der Waals surface area contributed by atoms with Crippen molar-refractivity contribution < 1.29 is 13.9 Å². The van der Waals surface area contributed by atoms with E-state index < -0.39 is 0 Å². The first-order valence-corrected chi connectivity index (χ1v) is 8.24. The average Bonchev–Trinajstić information content (AvgIpc) is 2.62. The Morgan fingerprint density at radius 2 is 1.88 bits per heavy atom. The van der Waals surface area contributed by atoms with E-state index in [-0.39, 0.29) is 11.7 Å². The minimum absolute atomic E-state index is 0.0480. The first kappa shape index (κ1) is 16.9. The van der Waals surface area contributed by atoms with Gasteiger partial charge in [0.15, 0.2) is 0 Å². The molecule has 1 aromatic heterocycles. The third-order valence-corrected chi connectivity index (χ3v) is 3.82. The fourth-order valence-electron chi connectivity index (χ4n) is 2.57. The number of carbonyl (C=O) groups excluding carboxylic acids is 1. The largest absolute Gasteiger partial charge is 0.493 e. The summed E-state index contributed by atoms with van der Waals surface area (Å²) in [6.07, 6.45) is 0.415. The number of rotatable bonds is 5. The number of aromatic nitrogens is 1. The molecule has 0 unspecified atom stereocenters. The number of hydrogen-bond acceptors (Lipinski definition) is 3. The Hall–Kier alpha value is -2.95. The maximum Gasteiger partial charge on any atom is 0.224 e. The summed E-state index contributed by atoms with van der Waals surface area (Å²) >= 11 is 0. The lowest BCUT2D eigenvalue weighted by Gasteiger charge is -2.12. The molecule has 0 radical (unpaired) electrons. The van der Waals surface area contributed by atoms with Crippen molar-refractivity contribution in [2.75, 3.05) is 11.9 Å². The third kappa shape index (κ3) is 3.76. The second-order valence-corrected chi connectivity index (χ2v) is 5.58. The Balaban J connectivity index is 2.09. The van der Waals surface area contributed by atoms with Gasteiger partial charge in [0.25, 0.3) is 0 Å². The highest BCUT2D eigenvalue weighted by molar-refractivity contribution is 5.95. The molecule has 128 valence electrons. The quantitative estimate of drug-likeness (QED) is 0.728. The second kappa shape index (κ2) is 7.30. The minimum Gasteiger partial charge on any atom is -0.493 e. The van der Waals surface area contributed by atoms with Crippen LogP contribution in [0.5, 0.6) is 5.75 Å². The molecule has 3 aromatic rings. The summed E-state index contributed by atoms with van der Waals surface area (Å²) in [5.41, 5.74) is 2.98. The predicted molar refractivity (Wildman–Crippen MR) is 97.2 cm³/mol. The fourth-order valence-corrected chi connectivity index (χ4v) is 2.57. The van der Waals surface area contributed by atoms with Gasteiger partial charge in [0.05, 0.1) is 17.8 Å². The van der Waals surface area contributed by atoms with Crippen molar-refractivity contribution in [3.63, 3.8) is 0 Å². The molecule has 1 heterocycles. The number of halogens is 1. The van der Waals surface area contributed by atoms with E-state index in [1.807, 2.05) is 31.2 Å². The molecule has 0 aliphatic heterocycles. The van der Waals surface area contributed by atoms with Crippen molar-refractivity contribution in [1.29, 1.82) is 0 Å². The van der Waals surface area contributed by atoms with Gasteiger partial charge in [-0.15, -0.1) is 0 Å². The van der Waals surface area contributed by atoms with Gasteiger partial charge in [0.1, 0.15) is 11.6 Å². The number of fused-ring (bicyclic) bond motifs is 1. The molecule has 0 spiro atoms. The summed E-state index contributed by atoms with van der Waals surface area (Å²) in [5, 5.41) is 3.66. The summed E-state index contributed by atoms with van der Waals surface area (Å²) in [6.45, 7) is 4.22. The highest BCUT2D eigenvalue weighted by Crippen LogP contribution is 2.32. The number of nitrogens with one attached hydrogen (secondary N) is 1. The SMILES string of the molecule is CCOc1cc(-c2ccc(F)cc2)nc2ccc(NC(=O)CC)cc12. The van der Waals surface area contributed by atoms with Gasteiger partial charge in [-0.3, -0.25) is 4.79 Å². The van der Waals surface area contributed by atoms with E-state index in [0.717, 1.165) is 16.5 Å². The lowest BCUT2D eigenvalue weighted by molar-refractivity contribution is -0.115. The van der Waals surface area contributed by atoms with Gasteiger partial charge in [0, 0.05) is 29.1 Å². The molecular formula is C20H19FN2O2. The van der Waals surface area contributed by atoms with E-state index >= 15 is 0 Å². The van der Waals surface area contributed by atoms with Gasteiger partial charge < -0.3 is 10.1 Å². The second-order valence-electron chi connectivity index (χ2n) is 5.58. The van der Waals surface area contributed by atoms with Gasteiger partial charge in [-0.2, -0.15) is 0 Å². The number of nitrogens with zero attached hydrogens (tertiary/aromatic N) is 1. The van der Waals surface area contributed by atoms with E-state index in [1.54, 1.807) is 19.1 Å². The van der Waals surface area contributed by atoms with E-state index in [9.17, 15) is 9.18 Å². The highest BCUT2D eigenvalue weighted by Gasteiger charge is 2.10. The first-order chi connectivity index (χ1) is 12.1. The van der Waals surface area contributed by atoms with Crippen molar-refractivity contribution in [3.8, 4) is 17.0 Å². The lowest BCUT2D eigenvalue weighted by atomic mass is 10.1. The van der Waals surface area contributed by atoms with Gasteiger partial charge in [-0.25, -0.2) is 9.37 Å².